The molecule has 0 bridgehead atoms. The zero-order chi connectivity index (χ0) is 12.8. The van der Waals surface area contributed by atoms with Gasteiger partial charge in [-0.3, -0.25) is 4.90 Å². The van der Waals surface area contributed by atoms with E-state index >= 15 is 0 Å². The highest BCUT2D eigenvalue weighted by Crippen LogP contribution is 2.30. The van der Waals surface area contributed by atoms with E-state index in [1.165, 1.54) is 11.1 Å². The molecule has 4 heteroatoms. The van der Waals surface area contributed by atoms with Crippen LogP contribution in [0.25, 0.3) is 0 Å². The van der Waals surface area contributed by atoms with Gasteiger partial charge in [-0.25, -0.2) is 0 Å². The maximum Gasteiger partial charge on any atom is 0.161 e. The van der Waals surface area contributed by atoms with Gasteiger partial charge in [-0.2, -0.15) is 0 Å². The molecule has 96 valence electrons. The molecular formula is C13H22N2O2. The topological polar surface area (TPSA) is 47.7 Å². The van der Waals surface area contributed by atoms with Crippen molar-refractivity contribution >= 4 is 0 Å². The van der Waals surface area contributed by atoms with Gasteiger partial charge in [0.05, 0.1) is 14.2 Å². The fourth-order valence-electron chi connectivity index (χ4n) is 1.69. The van der Waals surface area contributed by atoms with Gasteiger partial charge in [-0.1, -0.05) is 0 Å². The van der Waals surface area contributed by atoms with E-state index in [0.717, 1.165) is 24.5 Å². The summed E-state index contributed by atoms with van der Waals surface area (Å²) < 4.78 is 10.6. The molecule has 0 aliphatic rings. The minimum Gasteiger partial charge on any atom is -0.493 e. The Bertz CT molecular complexity index is 367. The largest absolute Gasteiger partial charge is 0.493 e. The summed E-state index contributed by atoms with van der Waals surface area (Å²) in [5.41, 5.74) is 8.04. The van der Waals surface area contributed by atoms with Crippen molar-refractivity contribution in [2.75, 3.05) is 34.5 Å². The van der Waals surface area contributed by atoms with Crippen molar-refractivity contribution in [3.05, 3.63) is 23.3 Å². The van der Waals surface area contributed by atoms with E-state index in [1.807, 2.05) is 19.2 Å². The fourth-order valence-corrected chi connectivity index (χ4v) is 1.69. The van der Waals surface area contributed by atoms with Crippen molar-refractivity contribution in [3.63, 3.8) is 0 Å². The molecule has 0 radical (unpaired) electrons. The molecule has 0 amide bonds. The second kappa shape index (κ2) is 6.47. The third-order valence-corrected chi connectivity index (χ3v) is 2.92. The second-order valence-electron chi connectivity index (χ2n) is 4.15. The van der Waals surface area contributed by atoms with Crippen molar-refractivity contribution in [3.8, 4) is 11.5 Å². The van der Waals surface area contributed by atoms with Gasteiger partial charge in [0, 0.05) is 13.2 Å². The molecule has 0 aliphatic carbocycles. The van der Waals surface area contributed by atoms with Gasteiger partial charge in [0.1, 0.15) is 0 Å². The first-order chi connectivity index (χ1) is 8.12. The lowest BCUT2D eigenvalue weighted by atomic mass is 10.0. The van der Waals surface area contributed by atoms with Crippen LogP contribution in [-0.4, -0.2) is 39.4 Å². The van der Waals surface area contributed by atoms with Crippen LogP contribution in [0.4, 0.5) is 0 Å². The van der Waals surface area contributed by atoms with Gasteiger partial charge < -0.3 is 15.2 Å². The zero-order valence-electron chi connectivity index (χ0n) is 11.1. The molecule has 0 heterocycles. The SMILES string of the molecule is COc1cc(C)c(CCN(C)CN)cc1OC. The molecular weight excluding hydrogens is 216 g/mol. The van der Waals surface area contributed by atoms with Gasteiger partial charge in [0.2, 0.25) is 0 Å². The lowest BCUT2D eigenvalue weighted by molar-refractivity contribution is 0.345. The van der Waals surface area contributed by atoms with E-state index < -0.39 is 0 Å². The quantitative estimate of drug-likeness (QED) is 0.761. The minimum absolute atomic E-state index is 0.576. The average molecular weight is 238 g/mol. The molecule has 0 aliphatic heterocycles. The maximum atomic E-state index is 5.56. The van der Waals surface area contributed by atoms with E-state index in [4.69, 9.17) is 15.2 Å². The number of methoxy groups -OCH3 is 2. The van der Waals surface area contributed by atoms with Crippen LogP contribution < -0.4 is 15.2 Å². The Morgan fingerprint density at radius 2 is 1.76 bits per heavy atom. The lowest BCUT2D eigenvalue weighted by Crippen LogP contribution is -2.27. The summed E-state index contributed by atoms with van der Waals surface area (Å²) in [7, 11) is 5.32. The molecule has 0 saturated carbocycles. The normalized spacial score (nSPS) is 10.7. The van der Waals surface area contributed by atoms with Crippen LogP contribution in [0, 0.1) is 6.92 Å². The van der Waals surface area contributed by atoms with E-state index in [0.29, 0.717) is 6.67 Å². The summed E-state index contributed by atoms with van der Waals surface area (Å²) in [6.45, 7) is 3.60. The summed E-state index contributed by atoms with van der Waals surface area (Å²) in [5.74, 6) is 1.56. The molecule has 1 aromatic carbocycles. The average Bonchev–Trinajstić information content (AvgIpc) is 2.36. The fraction of sp³-hybridized carbons (Fsp3) is 0.538. The molecule has 0 atom stereocenters. The lowest BCUT2D eigenvalue weighted by Gasteiger charge is -2.16. The molecule has 0 fully saturated rings. The standard InChI is InChI=1S/C13H22N2O2/c1-10-7-12(16-3)13(17-4)8-11(10)5-6-15(2)9-14/h7-8H,5-6,9,14H2,1-4H3. The Morgan fingerprint density at radius 3 is 2.29 bits per heavy atom. The van der Waals surface area contributed by atoms with Crippen molar-refractivity contribution in [2.45, 2.75) is 13.3 Å². The highest BCUT2D eigenvalue weighted by atomic mass is 16.5. The number of aryl methyl sites for hydroxylation is 1. The molecule has 0 unspecified atom stereocenters. The Hall–Kier alpha value is -1.26. The molecule has 0 saturated heterocycles. The van der Waals surface area contributed by atoms with Crippen LogP contribution in [0.3, 0.4) is 0 Å². The predicted octanol–water partition coefficient (Wildman–Crippen LogP) is 1.40. The predicted molar refractivity (Wildman–Crippen MR) is 69.7 cm³/mol. The maximum absolute atomic E-state index is 5.56. The number of nitrogens with two attached hydrogens (primary N) is 1. The number of likely N-dealkylation sites (N-methyl/N-ethyl adjacent to an activating group) is 1. The number of hydrogen-bond donors (Lipinski definition) is 1. The second-order valence-corrected chi connectivity index (χ2v) is 4.15. The Kier molecular flexibility index (Phi) is 5.25. The monoisotopic (exact) mass is 238 g/mol. The summed E-state index contributed by atoms with van der Waals surface area (Å²) in [5, 5.41) is 0. The summed E-state index contributed by atoms with van der Waals surface area (Å²) in [6.07, 6.45) is 0.958. The van der Waals surface area contributed by atoms with Crippen molar-refractivity contribution in [1.29, 1.82) is 0 Å². The van der Waals surface area contributed by atoms with Gasteiger partial charge in [0.15, 0.2) is 11.5 Å². The summed E-state index contributed by atoms with van der Waals surface area (Å²) in [6, 6.07) is 4.05. The van der Waals surface area contributed by atoms with Crippen molar-refractivity contribution < 1.29 is 9.47 Å². The Labute approximate surface area is 103 Å². The van der Waals surface area contributed by atoms with Crippen LogP contribution in [0.2, 0.25) is 0 Å². The van der Waals surface area contributed by atoms with Crippen LogP contribution in [0.1, 0.15) is 11.1 Å². The Balaban J connectivity index is 2.85. The molecule has 0 aromatic heterocycles. The first-order valence-corrected chi connectivity index (χ1v) is 5.72. The van der Waals surface area contributed by atoms with Crippen LogP contribution >= 0.6 is 0 Å². The van der Waals surface area contributed by atoms with E-state index in [1.54, 1.807) is 14.2 Å². The summed E-state index contributed by atoms with van der Waals surface area (Å²) >= 11 is 0. The molecule has 1 rings (SSSR count). The van der Waals surface area contributed by atoms with E-state index in [9.17, 15) is 0 Å². The van der Waals surface area contributed by atoms with Crippen LogP contribution in [0.15, 0.2) is 12.1 Å². The van der Waals surface area contributed by atoms with Gasteiger partial charge in [-0.05, 0) is 43.7 Å². The smallest absolute Gasteiger partial charge is 0.161 e. The van der Waals surface area contributed by atoms with E-state index in [-0.39, 0.29) is 0 Å². The van der Waals surface area contributed by atoms with Crippen molar-refractivity contribution in [1.82, 2.24) is 4.90 Å². The molecule has 4 nitrogen and oxygen atoms in total. The molecule has 0 spiro atoms. The van der Waals surface area contributed by atoms with Gasteiger partial charge in [0.25, 0.3) is 0 Å². The Morgan fingerprint density at radius 1 is 1.18 bits per heavy atom. The number of rotatable bonds is 6. The van der Waals surface area contributed by atoms with Crippen LogP contribution in [-0.2, 0) is 6.42 Å². The van der Waals surface area contributed by atoms with E-state index in [2.05, 4.69) is 11.8 Å². The number of benzene rings is 1. The highest BCUT2D eigenvalue weighted by Gasteiger charge is 2.08. The molecule has 2 N–H and O–H groups in total. The number of ether oxygens (including phenoxy) is 2. The number of hydrogen-bond acceptors (Lipinski definition) is 4. The highest BCUT2D eigenvalue weighted by molar-refractivity contribution is 5.47. The molecule has 1 aromatic rings. The minimum atomic E-state index is 0.576. The van der Waals surface area contributed by atoms with Gasteiger partial charge in [-0.15, -0.1) is 0 Å². The van der Waals surface area contributed by atoms with Crippen molar-refractivity contribution in [2.24, 2.45) is 5.73 Å². The number of nitrogens with zero attached hydrogens (tertiary/aromatic N) is 1. The zero-order valence-corrected chi connectivity index (χ0v) is 11.1. The summed E-state index contributed by atoms with van der Waals surface area (Å²) in [4.78, 5) is 2.08. The first kappa shape index (κ1) is 13.8. The third kappa shape index (κ3) is 3.61. The van der Waals surface area contributed by atoms with Gasteiger partial charge >= 0.3 is 0 Å². The van der Waals surface area contributed by atoms with Crippen LogP contribution in [0.5, 0.6) is 11.5 Å². The molecule has 17 heavy (non-hydrogen) atoms. The third-order valence-electron chi connectivity index (χ3n) is 2.92. The first-order valence-electron chi connectivity index (χ1n) is 5.72.